The van der Waals surface area contributed by atoms with Crippen molar-refractivity contribution >= 4 is 5.91 Å². The Morgan fingerprint density at radius 2 is 1.62 bits per heavy atom. The SMILES string of the molecule is CC[C@H](NC(=O)[C@H](C)Oc1ccc(C(C)(C)C)cc1)c1ccc(C)cc1. The molecule has 26 heavy (non-hydrogen) atoms. The lowest BCUT2D eigenvalue weighted by Gasteiger charge is -2.22. The van der Waals surface area contributed by atoms with Crippen LogP contribution in [0, 0.1) is 6.92 Å². The van der Waals surface area contributed by atoms with E-state index in [1.807, 2.05) is 12.1 Å². The Bertz CT molecular complexity index is 711. The van der Waals surface area contributed by atoms with Crippen LogP contribution in [0.3, 0.4) is 0 Å². The number of hydrogen-bond acceptors (Lipinski definition) is 2. The first-order chi connectivity index (χ1) is 12.2. The van der Waals surface area contributed by atoms with Crippen molar-refractivity contribution in [3.63, 3.8) is 0 Å². The number of nitrogens with one attached hydrogen (secondary N) is 1. The molecule has 2 aromatic rings. The molecule has 0 spiro atoms. The maximum Gasteiger partial charge on any atom is 0.261 e. The summed E-state index contributed by atoms with van der Waals surface area (Å²) < 4.78 is 5.83. The lowest BCUT2D eigenvalue weighted by Crippen LogP contribution is -2.38. The topological polar surface area (TPSA) is 38.3 Å². The molecule has 0 aliphatic rings. The third-order valence-electron chi connectivity index (χ3n) is 4.61. The number of carbonyl (C=O) groups is 1. The van der Waals surface area contributed by atoms with E-state index < -0.39 is 6.10 Å². The Morgan fingerprint density at radius 3 is 2.12 bits per heavy atom. The zero-order chi connectivity index (χ0) is 19.3. The van der Waals surface area contributed by atoms with Crippen molar-refractivity contribution in [1.82, 2.24) is 5.32 Å². The monoisotopic (exact) mass is 353 g/mol. The minimum atomic E-state index is -0.546. The normalized spacial score (nSPS) is 13.8. The summed E-state index contributed by atoms with van der Waals surface area (Å²) in [6.07, 6.45) is 0.289. The molecule has 0 saturated heterocycles. The highest BCUT2D eigenvalue weighted by molar-refractivity contribution is 5.81. The number of aryl methyl sites for hydroxylation is 1. The van der Waals surface area contributed by atoms with Gasteiger partial charge in [0.1, 0.15) is 5.75 Å². The quantitative estimate of drug-likeness (QED) is 0.762. The van der Waals surface area contributed by atoms with Gasteiger partial charge in [0.2, 0.25) is 0 Å². The summed E-state index contributed by atoms with van der Waals surface area (Å²) in [4.78, 5) is 12.5. The maximum atomic E-state index is 12.5. The molecule has 140 valence electrons. The van der Waals surface area contributed by atoms with Crippen molar-refractivity contribution in [2.45, 2.75) is 65.5 Å². The maximum absolute atomic E-state index is 12.5. The molecule has 0 unspecified atom stereocenters. The van der Waals surface area contributed by atoms with Crippen LogP contribution < -0.4 is 10.1 Å². The fraction of sp³-hybridized carbons (Fsp3) is 0.435. The van der Waals surface area contributed by atoms with Gasteiger partial charge in [-0.15, -0.1) is 0 Å². The van der Waals surface area contributed by atoms with Gasteiger partial charge in [-0.3, -0.25) is 4.79 Å². The Labute approximate surface area is 157 Å². The summed E-state index contributed by atoms with van der Waals surface area (Å²) in [6.45, 7) is 12.4. The predicted octanol–water partition coefficient (Wildman–Crippen LogP) is 5.33. The number of carbonyl (C=O) groups excluding carboxylic acids is 1. The third-order valence-corrected chi connectivity index (χ3v) is 4.61. The Morgan fingerprint density at radius 1 is 1.04 bits per heavy atom. The highest BCUT2D eigenvalue weighted by Gasteiger charge is 2.20. The van der Waals surface area contributed by atoms with Gasteiger partial charge in [0.15, 0.2) is 6.10 Å². The molecule has 0 radical (unpaired) electrons. The first-order valence-electron chi connectivity index (χ1n) is 9.35. The Kier molecular flexibility index (Phi) is 6.47. The third kappa shape index (κ3) is 5.35. The lowest BCUT2D eigenvalue weighted by atomic mass is 9.87. The van der Waals surface area contributed by atoms with Gasteiger partial charge in [0.25, 0.3) is 5.91 Å². The number of amides is 1. The highest BCUT2D eigenvalue weighted by Crippen LogP contribution is 2.25. The molecule has 2 aromatic carbocycles. The Balaban J connectivity index is 1.99. The van der Waals surface area contributed by atoms with Gasteiger partial charge in [-0.05, 0) is 48.9 Å². The van der Waals surface area contributed by atoms with Crippen molar-refractivity contribution in [2.24, 2.45) is 0 Å². The fourth-order valence-electron chi connectivity index (χ4n) is 2.80. The highest BCUT2D eigenvalue weighted by atomic mass is 16.5. The molecule has 0 heterocycles. The molecule has 0 bridgehead atoms. The van der Waals surface area contributed by atoms with E-state index in [9.17, 15) is 4.79 Å². The van der Waals surface area contributed by atoms with Crippen molar-refractivity contribution in [3.05, 3.63) is 65.2 Å². The molecule has 1 N–H and O–H groups in total. The van der Waals surface area contributed by atoms with Gasteiger partial charge in [-0.1, -0.05) is 69.7 Å². The summed E-state index contributed by atoms with van der Waals surface area (Å²) in [6, 6.07) is 16.3. The van der Waals surface area contributed by atoms with Crippen LogP contribution in [0.5, 0.6) is 5.75 Å². The van der Waals surface area contributed by atoms with Crippen molar-refractivity contribution in [3.8, 4) is 5.75 Å². The summed E-state index contributed by atoms with van der Waals surface area (Å²) in [7, 11) is 0. The second-order valence-corrected chi connectivity index (χ2v) is 7.91. The van der Waals surface area contributed by atoms with Crippen LogP contribution in [0.15, 0.2) is 48.5 Å². The van der Waals surface area contributed by atoms with E-state index in [1.54, 1.807) is 6.92 Å². The van der Waals surface area contributed by atoms with Crippen molar-refractivity contribution < 1.29 is 9.53 Å². The van der Waals surface area contributed by atoms with Crippen molar-refractivity contribution in [1.29, 1.82) is 0 Å². The molecule has 0 saturated carbocycles. The van der Waals surface area contributed by atoms with Gasteiger partial charge in [-0.25, -0.2) is 0 Å². The molecule has 2 atom stereocenters. The molecule has 1 amide bonds. The number of ether oxygens (including phenoxy) is 1. The van der Waals surface area contributed by atoms with E-state index in [0.717, 1.165) is 12.0 Å². The van der Waals surface area contributed by atoms with Crippen LogP contribution in [0.1, 0.15) is 63.8 Å². The van der Waals surface area contributed by atoms with E-state index >= 15 is 0 Å². The van der Waals surface area contributed by atoms with Gasteiger partial charge in [0, 0.05) is 0 Å². The lowest BCUT2D eigenvalue weighted by molar-refractivity contribution is -0.128. The summed E-state index contributed by atoms with van der Waals surface area (Å²) in [5.74, 6) is 0.612. The summed E-state index contributed by atoms with van der Waals surface area (Å²) in [5.41, 5.74) is 3.68. The Hall–Kier alpha value is -2.29. The van der Waals surface area contributed by atoms with Crippen LogP contribution >= 0.6 is 0 Å². The van der Waals surface area contributed by atoms with Gasteiger partial charge in [-0.2, -0.15) is 0 Å². The minimum absolute atomic E-state index is 0.00239. The number of rotatable bonds is 6. The van der Waals surface area contributed by atoms with E-state index in [4.69, 9.17) is 4.74 Å². The standard InChI is InChI=1S/C23H31NO2/c1-7-21(18-10-8-16(2)9-11-18)24-22(25)17(3)26-20-14-12-19(13-15-20)23(4,5)6/h8-15,17,21H,7H2,1-6H3,(H,24,25)/t17-,21-/m0/s1. The first-order valence-corrected chi connectivity index (χ1v) is 9.35. The van der Waals surface area contributed by atoms with E-state index in [1.165, 1.54) is 11.1 Å². The molecule has 0 aliphatic heterocycles. The molecule has 0 aromatic heterocycles. The van der Waals surface area contributed by atoms with E-state index in [0.29, 0.717) is 5.75 Å². The molecule has 3 heteroatoms. The zero-order valence-corrected chi connectivity index (χ0v) is 16.8. The van der Waals surface area contributed by atoms with Crippen LogP contribution in [-0.2, 0) is 10.2 Å². The van der Waals surface area contributed by atoms with Crippen LogP contribution in [0.4, 0.5) is 0 Å². The van der Waals surface area contributed by atoms with Crippen molar-refractivity contribution in [2.75, 3.05) is 0 Å². The minimum Gasteiger partial charge on any atom is -0.481 e. The summed E-state index contributed by atoms with van der Waals surface area (Å²) in [5, 5.41) is 3.09. The fourth-order valence-corrected chi connectivity index (χ4v) is 2.80. The molecule has 2 rings (SSSR count). The molecule has 0 fully saturated rings. The second-order valence-electron chi connectivity index (χ2n) is 7.91. The number of hydrogen-bond donors (Lipinski definition) is 1. The molecular weight excluding hydrogens is 322 g/mol. The van der Waals surface area contributed by atoms with Gasteiger partial charge in [0.05, 0.1) is 6.04 Å². The van der Waals surface area contributed by atoms with Crippen LogP contribution in [0.2, 0.25) is 0 Å². The number of benzene rings is 2. The smallest absolute Gasteiger partial charge is 0.261 e. The molecular formula is C23H31NO2. The molecule has 0 aliphatic carbocycles. The average molecular weight is 354 g/mol. The zero-order valence-electron chi connectivity index (χ0n) is 16.8. The van der Waals surface area contributed by atoms with E-state index in [2.05, 4.69) is 76.3 Å². The van der Waals surface area contributed by atoms with Gasteiger partial charge < -0.3 is 10.1 Å². The molecule has 3 nitrogen and oxygen atoms in total. The largest absolute Gasteiger partial charge is 0.481 e. The first kappa shape index (κ1) is 20.0. The van der Waals surface area contributed by atoms with Crippen LogP contribution in [-0.4, -0.2) is 12.0 Å². The van der Waals surface area contributed by atoms with Gasteiger partial charge >= 0.3 is 0 Å². The summed E-state index contributed by atoms with van der Waals surface area (Å²) >= 11 is 0. The average Bonchev–Trinajstić information content (AvgIpc) is 2.60. The second kappa shape index (κ2) is 8.39. The van der Waals surface area contributed by atoms with E-state index in [-0.39, 0.29) is 17.4 Å². The predicted molar refractivity (Wildman–Crippen MR) is 108 cm³/mol. The van der Waals surface area contributed by atoms with Crippen LogP contribution in [0.25, 0.3) is 0 Å².